The molecule has 0 atom stereocenters. The van der Waals surface area contributed by atoms with Crippen molar-refractivity contribution >= 4 is 28.3 Å². The summed E-state index contributed by atoms with van der Waals surface area (Å²) >= 11 is 2.03. The van der Waals surface area contributed by atoms with E-state index in [1.54, 1.807) is 19.2 Å². The highest BCUT2D eigenvalue weighted by Gasteiger charge is 1.95. The molecule has 0 saturated heterocycles. The number of halogens is 1. The van der Waals surface area contributed by atoms with Gasteiger partial charge in [0.05, 0.1) is 9.26 Å². The van der Waals surface area contributed by atoms with E-state index in [9.17, 15) is 4.79 Å². The van der Waals surface area contributed by atoms with E-state index in [0.717, 1.165) is 3.57 Å². The fraction of sp³-hybridized carbons (Fsp3) is 0.125. The first-order valence-electron chi connectivity index (χ1n) is 3.22. The first-order chi connectivity index (χ1) is 5.25. The molecule has 0 saturated carbocycles. The predicted molar refractivity (Wildman–Crippen MR) is 55.0 cm³/mol. The van der Waals surface area contributed by atoms with Crippen molar-refractivity contribution < 1.29 is 0 Å². The van der Waals surface area contributed by atoms with E-state index in [4.69, 9.17) is 0 Å². The Hall–Kier alpha value is -0.580. The second-order valence-electron chi connectivity index (χ2n) is 2.06. The van der Waals surface area contributed by atoms with Crippen LogP contribution in [0.5, 0.6) is 0 Å². The Balaban J connectivity index is 3.42. The van der Waals surface area contributed by atoms with Crippen LogP contribution in [0, 0.1) is 3.57 Å². The summed E-state index contributed by atoms with van der Waals surface area (Å²) in [5.74, 6) is 0. The highest BCUT2D eigenvalue weighted by molar-refractivity contribution is 14.1. The van der Waals surface area contributed by atoms with Gasteiger partial charge in [0, 0.05) is 7.05 Å². The summed E-state index contributed by atoms with van der Waals surface area (Å²) in [4.78, 5) is 11.3. The Morgan fingerprint density at radius 3 is 2.64 bits per heavy atom. The minimum absolute atomic E-state index is 0.0538. The molecule has 11 heavy (non-hydrogen) atoms. The van der Waals surface area contributed by atoms with Gasteiger partial charge in [-0.05, 0) is 34.7 Å². The molecule has 0 unspecified atom stereocenters. The van der Waals surface area contributed by atoms with Crippen LogP contribution in [0.3, 0.4) is 0 Å². The molecular formula is C8H8INO. The quantitative estimate of drug-likeness (QED) is 0.779. The van der Waals surface area contributed by atoms with E-state index < -0.39 is 0 Å². The summed E-state index contributed by atoms with van der Waals surface area (Å²) in [5.41, 5.74) is 0.692. The molecule has 0 amide bonds. The third-order valence-corrected chi connectivity index (χ3v) is 2.20. The van der Waals surface area contributed by atoms with Gasteiger partial charge in [0.25, 0.3) is 0 Å². The molecule has 0 aliphatic rings. The third-order valence-electron chi connectivity index (χ3n) is 1.35. The monoisotopic (exact) mass is 261 g/mol. The molecule has 0 aliphatic heterocycles. The summed E-state index contributed by atoms with van der Waals surface area (Å²) in [6.45, 7) is 0. The molecule has 0 bridgehead atoms. The fourth-order valence-corrected chi connectivity index (χ4v) is 1.27. The lowest BCUT2D eigenvalue weighted by Gasteiger charge is -1.91. The van der Waals surface area contributed by atoms with Crippen molar-refractivity contribution in [1.82, 2.24) is 0 Å². The van der Waals surface area contributed by atoms with Crippen LogP contribution in [0.15, 0.2) is 29.1 Å². The topological polar surface area (TPSA) is 29.1 Å². The van der Waals surface area contributed by atoms with Gasteiger partial charge in [-0.3, -0.25) is 4.79 Å². The van der Waals surface area contributed by atoms with Gasteiger partial charge in [-0.1, -0.05) is 12.1 Å². The fourth-order valence-electron chi connectivity index (χ4n) is 0.769. The van der Waals surface area contributed by atoms with Gasteiger partial charge in [-0.2, -0.15) is 0 Å². The molecule has 1 aromatic rings. The van der Waals surface area contributed by atoms with E-state index in [1.165, 1.54) is 0 Å². The lowest BCUT2D eigenvalue weighted by atomic mass is 10.4. The smallest absolute Gasteiger partial charge is 0.214 e. The molecule has 0 fully saturated rings. The molecule has 0 aliphatic carbocycles. The minimum Gasteiger partial charge on any atom is -0.385 e. The molecule has 0 heterocycles. The van der Waals surface area contributed by atoms with Crippen molar-refractivity contribution in [2.45, 2.75) is 0 Å². The van der Waals surface area contributed by atoms with Crippen molar-refractivity contribution in [1.29, 1.82) is 0 Å². The van der Waals surface area contributed by atoms with Crippen LogP contribution in [0.25, 0.3) is 0 Å². The van der Waals surface area contributed by atoms with E-state index in [2.05, 4.69) is 5.32 Å². The van der Waals surface area contributed by atoms with Gasteiger partial charge < -0.3 is 5.32 Å². The lowest BCUT2D eigenvalue weighted by molar-refractivity contribution is 1.47. The average molecular weight is 261 g/mol. The van der Waals surface area contributed by atoms with Crippen molar-refractivity contribution in [3.63, 3.8) is 0 Å². The Morgan fingerprint density at radius 2 is 2.00 bits per heavy atom. The number of rotatable bonds is 1. The highest BCUT2D eigenvalue weighted by Crippen LogP contribution is 2.01. The molecule has 0 spiro atoms. The molecule has 1 N–H and O–H groups in total. The number of anilines is 1. The van der Waals surface area contributed by atoms with Gasteiger partial charge >= 0.3 is 0 Å². The Labute approximate surface area is 78.8 Å². The predicted octanol–water partition coefficient (Wildman–Crippen LogP) is 1.69. The van der Waals surface area contributed by atoms with Crippen LogP contribution >= 0.6 is 22.6 Å². The molecule has 1 rings (SSSR count). The molecule has 1 aromatic carbocycles. The minimum atomic E-state index is 0.0538. The zero-order valence-corrected chi connectivity index (χ0v) is 8.25. The van der Waals surface area contributed by atoms with E-state index in [-0.39, 0.29) is 5.43 Å². The van der Waals surface area contributed by atoms with Crippen LogP contribution in [0.2, 0.25) is 0 Å². The maximum absolute atomic E-state index is 11.3. The third kappa shape index (κ3) is 1.92. The van der Waals surface area contributed by atoms with Crippen LogP contribution in [0.1, 0.15) is 0 Å². The lowest BCUT2D eigenvalue weighted by Crippen LogP contribution is -2.07. The van der Waals surface area contributed by atoms with Crippen molar-refractivity contribution in [2.75, 3.05) is 12.4 Å². The Morgan fingerprint density at radius 1 is 1.36 bits per heavy atom. The largest absolute Gasteiger partial charge is 0.385 e. The van der Waals surface area contributed by atoms with Crippen molar-refractivity contribution in [3.8, 4) is 0 Å². The SMILES string of the molecule is CNc1ccccc(I)c1=O. The first-order valence-corrected chi connectivity index (χ1v) is 4.30. The normalized spacial score (nSPS) is 9.27. The van der Waals surface area contributed by atoms with Crippen LogP contribution in [0.4, 0.5) is 5.69 Å². The molecule has 3 heteroatoms. The number of nitrogens with one attached hydrogen (secondary N) is 1. The number of hydrogen-bond donors (Lipinski definition) is 1. The summed E-state index contributed by atoms with van der Waals surface area (Å²) in [6.07, 6.45) is 0. The van der Waals surface area contributed by atoms with Gasteiger partial charge in [0.15, 0.2) is 0 Å². The maximum atomic E-state index is 11.3. The summed E-state index contributed by atoms with van der Waals surface area (Å²) in [6, 6.07) is 7.26. The Bertz CT molecular complexity index is 311. The molecule has 0 radical (unpaired) electrons. The van der Waals surface area contributed by atoms with Crippen molar-refractivity contribution in [3.05, 3.63) is 38.1 Å². The second kappa shape index (κ2) is 3.71. The van der Waals surface area contributed by atoms with Gasteiger partial charge in [-0.25, -0.2) is 0 Å². The summed E-state index contributed by atoms with van der Waals surface area (Å²) in [7, 11) is 1.74. The maximum Gasteiger partial charge on any atom is 0.214 e. The van der Waals surface area contributed by atoms with Crippen molar-refractivity contribution in [2.24, 2.45) is 0 Å². The van der Waals surface area contributed by atoms with Gasteiger partial charge in [-0.15, -0.1) is 0 Å². The van der Waals surface area contributed by atoms with Gasteiger partial charge in [0.1, 0.15) is 0 Å². The second-order valence-corrected chi connectivity index (χ2v) is 3.22. The molecular weight excluding hydrogens is 253 g/mol. The summed E-state index contributed by atoms with van der Waals surface area (Å²) < 4.78 is 0.733. The molecule has 2 nitrogen and oxygen atoms in total. The first kappa shape index (κ1) is 8.52. The van der Waals surface area contributed by atoms with Crippen LogP contribution in [-0.2, 0) is 0 Å². The zero-order chi connectivity index (χ0) is 8.27. The average Bonchev–Trinajstić information content (AvgIpc) is 2.16. The number of hydrogen-bond acceptors (Lipinski definition) is 2. The van der Waals surface area contributed by atoms with Crippen LogP contribution in [-0.4, -0.2) is 7.05 Å². The molecule has 0 aromatic heterocycles. The van der Waals surface area contributed by atoms with E-state index in [1.807, 2.05) is 34.7 Å². The standard InChI is InChI=1S/C8H8INO/c1-10-7-5-3-2-4-6(9)8(7)11/h2-5H,1H3,(H,10,11). The van der Waals surface area contributed by atoms with E-state index >= 15 is 0 Å². The highest BCUT2D eigenvalue weighted by atomic mass is 127. The Kier molecular flexibility index (Phi) is 2.87. The summed E-state index contributed by atoms with van der Waals surface area (Å²) in [5, 5.41) is 2.84. The van der Waals surface area contributed by atoms with Gasteiger partial charge in [0.2, 0.25) is 5.43 Å². The molecule has 58 valence electrons. The van der Waals surface area contributed by atoms with E-state index in [0.29, 0.717) is 5.69 Å². The van der Waals surface area contributed by atoms with Crippen LogP contribution < -0.4 is 10.7 Å². The zero-order valence-electron chi connectivity index (χ0n) is 6.10.